The molecule has 0 aromatic carbocycles. The summed E-state index contributed by atoms with van der Waals surface area (Å²) in [5.41, 5.74) is 4.09. The number of nitrogens with two attached hydrogens (primary N) is 1. The van der Waals surface area contributed by atoms with Crippen molar-refractivity contribution in [3.63, 3.8) is 0 Å². The molecule has 3 nitrogen and oxygen atoms in total. The van der Waals surface area contributed by atoms with Crippen molar-refractivity contribution in [1.29, 1.82) is 0 Å². The SMILES string of the molecule is NCc1sc(CCOCC(F)(F)F)nc1C(F)(F)F. The highest BCUT2D eigenvalue weighted by Gasteiger charge is 2.37. The van der Waals surface area contributed by atoms with E-state index in [-0.39, 0.29) is 29.5 Å². The summed E-state index contributed by atoms with van der Waals surface area (Å²) in [7, 11) is 0. The van der Waals surface area contributed by atoms with Gasteiger partial charge in [0.25, 0.3) is 0 Å². The zero-order valence-electron chi connectivity index (χ0n) is 9.44. The molecule has 0 saturated carbocycles. The lowest BCUT2D eigenvalue weighted by atomic mass is 10.3. The van der Waals surface area contributed by atoms with Gasteiger partial charge in [-0.2, -0.15) is 26.3 Å². The summed E-state index contributed by atoms with van der Waals surface area (Å²) < 4.78 is 77.1. The Morgan fingerprint density at radius 1 is 1.16 bits per heavy atom. The van der Waals surface area contributed by atoms with E-state index >= 15 is 0 Å². The highest BCUT2D eigenvalue weighted by molar-refractivity contribution is 7.11. The molecule has 1 rings (SSSR count). The molecule has 0 aliphatic rings. The fourth-order valence-electron chi connectivity index (χ4n) is 1.21. The van der Waals surface area contributed by atoms with Crippen molar-refractivity contribution in [2.45, 2.75) is 25.3 Å². The number of ether oxygens (including phenoxy) is 1. The van der Waals surface area contributed by atoms with Gasteiger partial charge in [-0.1, -0.05) is 0 Å². The Bertz CT molecular complexity index is 414. The van der Waals surface area contributed by atoms with E-state index in [2.05, 4.69) is 9.72 Å². The first kappa shape index (κ1) is 16.2. The van der Waals surface area contributed by atoms with Crippen LogP contribution in [0.1, 0.15) is 15.6 Å². The molecule has 0 saturated heterocycles. The van der Waals surface area contributed by atoms with Crippen molar-refractivity contribution in [1.82, 2.24) is 4.98 Å². The maximum atomic E-state index is 12.5. The van der Waals surface area contributed by atoms with Crippen LogP contribution in [-0.4, -0.2) is 24.4 Å². The second-order valence-electron chi connectivity index (χ2n) is 3.50. The predicted molar refractivity (Wildman–Crippen MR) is 55.6 cm³/mol. The zero-order chi connectivity index (χ0) is 14.7. The van der Waals surface area contributed by atoms with Crippen molar-refractivity contribution in [2.24, 2.45) is 5.73 Å². The van der Waals surface area contributed by atoms with Crippen LogP contribution in [0.4, 0.5) is 26.3 Å². The Labute approximate surface area is 108 Å². The van der Waals surface area contributed by atoms with Gasteiger partial charge in [0.15, 0.2) is 5.69 Å². The van der Waals surface area contributed by atoms with E-state index in [4.69, 9.17) is 5.73 Å². The van der Waals surface area contributed by atoms with Crippen molar-refractivity contribution < 1.29 is 31.1 Å². The smallest absolute Gasteiger partial charge is 0.372 e. The zero-order valence-corrected chi connectivity index (χ0v) is 10.3. The van der Waals surface area contributed by atoms with Crippen LogP contribution < -0.4 is 5.73 Å². The summed E-state index contributed by atoms with van der Waals surface area (Å²) in [5.74, 6) is 0. The van der Waals surface area contributed by atoms with Gasteiger partial charge >= 0.3 is 12.4 Å². The molecule has 1 aromatic rings. The van der Waals surface area contributed by atoms with Crippen molar-refractivity contribution in [3.8, 4) is 0 Å². The molecular formula is C9H10F6N2OS. The number of thiazole rings is 1. The Balaban J connectivity index is 2.58. The Morgan fingerprint density at radius 2 is 1.79 bits per heavy atom. The van der Waals surface area contributed by atoms with Gasteiger partial charge in [-0.05, 0) is 0 Å². The molecule has 1 heterocycles. The first-order chi connectivity index (χ1) is 8.63. The number of nitrogens with zero attached hydrogens (tertiary/aromatic N) is 1. The minimum absolute atomic E-state index is 0.0509. The maximum absolute atomic E-state index is 12.5. The largest absolute Gasteiger partial charge is 0.434 e. The van der Waals surface area contributed by atoms with Crippen molar-refractivity contribution >= 4 is 11.3 Å². The molecule has 0 aliphatic heterocycles. The third-order valence-corrected chi connectivity index (χ3v) is 3.06. The van der Waals surface area contributed by atoms with Crippen LogP contribution in [0.25, 0.3) is 0 Å². The molecule has 0 amide bonds. The van der Waals surface area contributed by atoms with Gasteiger partial charge in [0.05, 0.1) is 16.5 Å². The summed E-state index contributed by atoms with van der Waals surface area (Å²) in [5, 5.41) is 0.0509. The number of rotatable bonds is 5. The molecule has 0 atom stereocenters. The Kier molecular flexibility index (Phi) is 5.16. The van der Waals surface area contributed by atoms with E-state index in [0.717, 1.165) is 11.3 Å². The number of halogens is 6. The number of hydrogen-bond acceptors (Lipinski definition) is 4. The number of aromatic nitrogens is 1. The molecule has 0 aliphatic carbocycles. The average Bonchev–Trinajstić information content (AvgIpc) is 2.66. The van der Waals surface area contributed by atoms with Gasteiger partial charge in [-0.25, -0.2) is 4.98 Å². The van der Waals surface area contributed by atoms with E-state index in [9.17, 15) is 26.3 Å². The molecule has 0 bridgehead atoms. The second kappa shape index (κ2) is 6.06. The molecular weight excluding hydrogens is 298 g/mol. The summed E-state index contributed by atoms with van der Waals surface area (Å²) in [6.07, 6.45) is -9.19. The maximum Gasteiger partial charge on any atom is 0.434 e. The van der Waals surface area contributed by atoms with Crippen LogP contribution in [0.3, 0.4) is 0 Å². The summed E-state index contributed by atoms with van der Waals surface area (Å²) in [6, 6.07) is 0. The standard InChI is InChI=1S/C9H10F6N2OS/c10-8(11,12)4-18-2-1-6-17-7(9(13,14)15)5(3-16)19-6/h1-4,16H2. The highest BCUT2D eigenvalue weighted by Crippen LogP contribution is 2.34. The lowest BCUT2D eigenvalue weighted by Gasteiger charge is -2.06. The third-order valence-electron chi connectivity index (χ3n) is 1.92. The first-order valence-electron chi connectivity index (χ1n) is 5.04. The van der Waals surface area contributed by atoms with E-state index < -0.39 is 24.7 Å². The predicted octanol–water partition coefficient (Wildman–Crippen LogP) is 2.74. The monoisotopic (exact) mass is 308 g/mol. The number of alkyl halides is 6. The average molecular weight is 308 g/mol. The minimum atomic E-state index is -4.61. The molecule has 0 fully saturated rings. The Hall–Kier alpha value is -0.870. The summed E-state index contributed by atoms with van der Waals surface area (Å²) in [6.45, 7) is -2.11. The van der Waals surface area contributed by atoms with E-state index in [1.807, 2.05) is 0 Å². The van der Waals surface area contributed by atoms with E-state index in [1.54, 1.807) is 0 Å². The molecule has 19 heavy (non-hydrogen) atoms. The molecule has 0 radical (unpaired) electrons. The highest BCUT2D eigenvalue weighted by atomic mass is 32.1. The Morgan fingerprint density at radius 3 is 2.21 bits per heavy atom. The third kappa shape index (κ3) is 5.33. The molecule has 0 unspecified atom stereocenters. The van der Waals surface area contributed by atoms with Gasteiger partial charge in [-0.15, -0.1) is 11.3 Å². The molecule has 2 N–H and O–H groups in total. The van der Waals surface area contributed by atoms with Gasteiger partial charge in [-0.3, -0.25) is 0 Å². The fourth-order valence-corrected chi connectivity index (χ4v) is 2.16. The summed E-state index contributed by atoms with van der Waals surface area (Å²) >= 11 is 0.727. The van der Waals surface area contributed by atoms with Crippen LogP contribution in [0.15, 0.2) is 0 Å². The van der Waals surface area contributed by atoms with E-state index in [0.29, 0.717) is 0 Å². The summed E-state index contributed by atoms with van der Waals surface area (Å²) in [4.78, 5) is 3.20. The molecule has 1 aromatic heterocycles. The van der Waals surface area contributed by atoms with Gasteiger partial charge in [0, 0.05) is 13.0 Å². The van der Waals surface area contributed by atoms with E-state index in [1.165, 1.54) is 0 Å². The normalized spacial score (nSPS) is 13.0. The lowest BCUT2D eigenvalue weighted by molar-refractivity contribution is -0.173. The van der Waals surface area contributed by atoms with Gasteiger partial charge < -0.3 is 10.5 Å². The van der Waals surface area contributed by atoms with Gasteiger partial charge in [0.1, 0.15) is 6.61 Å². The van der Waals surface area contributed by atoms with Gasteiger partial charge in [0.2, 0.25) is 0 Å². The van der Waals surface area contributed by atoms with Crippen molar-refractivity contribution in [3.05, 3.63) is 15.6 Å². The number of hydrogen-bond donors (Lipinski definition) is 1. The topological polar surface area (TPSA) is 48.1 Å². The van der Waals surface area contributed by atoms with Crippen LogP contribution >= 0.6 is 11.3 Å². The van der Waals surface area contributed by atoms with Crippen LogP contribution in [-0.2, 0) is 23.9 Å². The quantitative estimate of drug-likeness (QED) is 0.672. The van der Waals surface area contributed by atoms with Crippen LogP contribution in [0.2, 0.25) is 0 Å². The lowest BCUT2D eigenvalue weighted by Crippen LogP contribution is -2.18. The van der Waals surface area contributed by atoms with Crippen LogP contribution in [0.5, 0.6) is 0 Å². The van der Waals surface area contributed by atoms with Crippen LogP contribution in [0, 0.1) is 0 Å². The first-order valence-corrected chi connectivity index (χ1v) is 5.85. The van der Waals surface area contributed by atoms with Crippen molar-refractivity contribution in [2.75, 3.05) is 13.2 Å². The fraction of sp³-hybridized carbons (Fsp3) is 0.667. The second-order valence-corrected chi connectivity index (χ2v) is 4.67. The molecule has 0 spiro atoms. The molecule has 110 valence electrons. The molecule has 10 heteroatoms. The minimum Gasteiger partial charge on any atom is -0.372 e.